The summed E-state index contributed by atoms with van der Waals surface area (Å²) in [6.07, 6.45) is 3.84. The standard InChI is InChI=1S/C13H22N4O/c1-10(14)5-4-6-13(18)16-11-7-8-12(15-9-11)17(2)3/h7-10H,4-6,14H2,1-3H3,(H,16,18). The molecule has 0 bridgehead atoms. The molecule has 0 aliphatic heterocycles. The molecule has 1 aromatic heterocycles. The Balaban J connectivity index is 2.40. The predicted molar refractivity (Wildman–Crippen MR) is 74.7 cm³/mol. The van der Waals surface area contributed by atoms with Crippen molar-refractivity contribution in [2.24, 2.45) is 5.73 Å². The fourth-order valence-corrected chi connectivity index (χ4v) is 1.53. The van der Waals surface area contributed by atoms with Crippen LogP contribution in [0.25, 0.3) is 0 Å². The van der Waals surface area contributed by atoms with Crippen molar-refractivity contribution >= 4 is 17.4 Å². The number of carbonyl (C=O) groups is 1. The lowest BCUT2D eigenvalue weighted by molar-refractivity contribution is -0.116. The molecule has 1 aromatic rings. The molecular formula is C13H22N4O. The molecule has 0 radical (unpaired) electrons. The van der Waals surface area contributed by atoms with E-state index in [9.17, 15) is 4.79 Å². The first-order chi connectivity index (χ1) is 8.49. The fraction of sp³-hybridized carbons (Fsp3) is 0.538. The van der Waals surface area contributed by atoms with Gasteiger partial charge in [-0.25, -0.2) is 4.98 Å². The molecule has 0 spiro atoms. The molecule has 0 saturated carbocycles. The van der Waals surface area contributed by atoms with E-state index in [2.05, 4.69) is 10.3 Å². The van der Waals surface area contributed by atoms with Crippen LogP contribution in [0.2, 0.25) is 0 Å². The van der Waals surface area contributed by atoms with Gasteiger partial charge < -0.3 is 16.0 Å². The van der Waals surface area contributed by atoms with Crippen molar-refractivity contribution in [3.05, 3.63) is 18.3 Å². The summed E-state index contributed by atoms with van der Waals surface area (Å²) in [6.45, 7) is 1.95. The number of anilines is 2. The number of nitrogens with two attached hydrogens (primary N) is 1. The van der Waals surface area contributed by atoms with Gasteiger partial charge in [-0.2, -0.15) is 0 Å². The fourth-order valence-electron chi connectivity index (χ4n) is 1.53. The molecule has 5 nitrogen and oxygen atoms in total. The number of nitrogens with zero attached hydrogens (tertiary/aromatic N) is 2. The number of aromatic nitrogens is 1. The maximum absolute atomic E-state index is 11.6. The van der Waals surface area contributed by atoms with Gasteiger partial charge in [0.15, 0.2) is 0 Å². The lowest BCUT2D eigenvalue weighted by atomic mass is 10.1. The summed E-state index contributed by atoms with van der Waals surface area (Å²) in [6, 6.07) is 3.88. The van der Waals surface area contributed by atoms with Gasteiger partial charge in [-0.15, -0.1) is 0 Å². The van der Waals surface area contributed by atoms with Crippen molar-refractivity contribution in [3.63, 3.8) is 0 Å². The van der Waals surface area contributed by atoms with Crippen LogP contribution in [-0.2, 0) is 4.79 Å². The van der Waals surface area contributed by atoms with Crippen molar-refractivity contribution < 1.29 is 4.79 Å². The van der Waals surface area contributed by atoms with Crippen LogP contribution < -0.4 is 16.0 Å². The van der Waals surface area contributed by atoms with E-state index in [1.54, 1.807) is 6.20 Å². The minimum absolute atomic E-state index is 0.00931. The number of amides is 1. The molecule has 0 aliphatic carbocycles. The first kappa shape index (κ1) is 14.4. The van der Waals surface area contributed by atoms with E-state index in [1.165, 1.54) is 0 Å². The van der Waals surface area contributed by atoms with Crippen molar-refractivity contribution in [3.8, 4) is 0 Å². The maximum atomic E-state index is 11.6. The summed E-state index contributed by atoms with van der Waals surface area (Å²) in [5, 5.41) is 2.82. The van der Waals surface area contributed by atoms with Gasteiger partial charge in [0.2, 0.25) is 5.91 Å². The van der Waals surface area contributed by atoms with Crippen molar-refractivity contribution in [1.82, 2.24) is 4.98 Å². The Hall–Kier alpha value is -1.62. The minimum atomic E-state index is 0.00931. The second-order valence-corrected chi connectivity index (χ2v) is 4.72. The van der Waals surface area contributed by atoms with Gasteiger partial charge in [-0.05, 0) is 31.9 Å². The van der Waals surface area contributed by atoms with Gasteiger partial charge in [-0.3, -0.25) is 4.79 Å². The average Bonchev–Trinajstić information content (AvgIpc) is 2.29. The molecule has 1 amide bonds. The van der Waals surface area contributed by atoms with Gasteiger partial charge in [0.05, 0.1) is 11.9 Å². The van der Waals surface area contributed by atoms with Gasteiger partial charge in [0.1, 0.15) is 5.82 Å². The molecule has 1 unspecified atom stereocenters. The molecule has 1 atom stereocenters. The molecular weight excluding hydrogens is 228 g/mol. The molecule has 0 aromatic carbocycles. The van der Waals surface area contributed by atoms with E-state index in [1.807, 2.05) is 38.1 Å². The van der Waals surface area contributed by atoms with E-state index in [0.717, 1.165) is 24.3 Å². The van der Waals surface area contributed by atoms with E-state index in [0.29, 0.717) is 6.42 Å². The van der Waals surface area contributed by atoms with Crippen molar-refractivity contribution in [2.75, 3.05) is 24.3 Å². The summed E-state index contributed by atoms with van der Waals surface area (Å²) >= 11 is 0. The van der Waals surface area contributed by atoms with Crippen molar-refractivity contribution in [1.29, 1.82) is 0 Å². The Bertz CT molecular complexity index is 373. The number of hydrogen-bond acceptors (Lipinski definition) is 4. The molecule has 0 saturated heterocycles. The summed E-state index contributed by atoms with van der Waals surface area (Å²) in [4.78, 5) is 17.8. The van der Waals surface area contributed by atoms with Crippen LogP contribution in [0.1, 0.15) is 26.2 Å². The topological polar surface area (TPSA) is 71.2 Å². The Labute approximate surface area is 108 Å². The monoisotopic (exact) mass is 250 g/mol. The zero-order valence-corrected chi connectivity index (χ0v) is 11.3. The normalized spacial score (nSPS) is 12.0. The SMILES string of the molecule is CC(N)CCCC(=O)Nc1ccc(N(C)C)nc1. The second kappa shape index (κ2) is 6.96. The lowest BCUT2D eigenvalue weighted by Crippen LogP contribution is -2.17. The third-order valence-corrected chi connectivity index (χ3v) is 2.55. The van der Waals surface area contributed by atoms with Crippen LogP contribution in [0.5, 0.6) is 0 Å². The zero-order valence-electron chi connectivity index (χ0n) is 11.3. The highest BCUT2D eigenvalue weighted by Crippen LogP contribution is 2.12. The largest absolute Gasteiger partial charge is 0.363 e. The van der Waals surface area contributed by atoms with Gasteiger partial charge in [-0.1, -0.05) is 0 Å². The molecule has 1 rings (SSSR count). The number of carbonyl (C=O) groups excluding carboxylic acids is 1. The third-order valence-electron chi connectivity index (χ3n) is 2.55. The number of pyridine rings is 1. The molecule has 3 N–H and O–H groups in total. The second-order valence-electron chi connectivity index (χ2n) is 4.72. The molecule has 0 aliphatic rings. The summed E-state index contributed by atoms with van der Waals surface area (Å²) in [5.74, 6) is 0.875. The van der Waals surface area contributed by atoms with Crippen LogP contribution in [0.15, 0.2) is 18.3 Å². The Kier molecular flexibility index (Phi) is 5.58. The number of hydrogen-bond donors (Lipinski definition) is 2. The average molecular weight is 250 g/mol. The van der Waals surface area contributed by atoms with Crippen LogP contribution in [0.4, 0.5) is 11.5 Å². The van der Waals surface area contributed by atoms with Gasteiger partial charge >= 0.3 is 0 Å². The van der Waals surface area contributed by atoms with Crippen LogP contribution in [0, 0.1) is 0 Å². The molecule has 1 heterocycles. The highest BCUT2D eigenvalue weighted by molar-refractivity contribution is 5.90. The maximum Gasteiger partial charge on any atom is 0.224 e. The Morgan fingerprint density at radius 1 is 1.50 bits per heavy atom. The van der Waals surface area contributed by atoms with E-state index < -0.39 is 0 Å². The predicted octanol–water partition coefficient (Wildman–Crippen LogP) is 1.60. The van der Waals surface area contributed by atoms with Crippen LogP contribution >= 0.6 is 0 Å². The first-order valence-corrected chi connectivity index (χ1v) is 6.18. The molecule has 5 heteroatoms. The molecule has 18 heavy (non-hydrogen) atoms. The lowest BCUT2D eigenvalue weighted by Gasteiger charge is -2.11. The van der Waals surface area contributed by atoms with Crippen LogP contribution in [-0.4, -0.2) is 31.0 Å². The Morgan fingerprint density at radius 2 is 2.22 bits per heavy atom. The zero-order chi connectivity index (χ0) is 13.5. The number of nitrogens with one attached hydrogen (secondary N) is 1. The summed E-state index contributed by atoms with van der Waals surface area (Å²) in [5.41, 5.74) is 6.36. The van der Waals surface area contributed by atoms with E-state index in [4.69, 9.17) is 5.73 Å². The highest BCUT2D eigenvalue weighted by atomic mass is 16.1. The molecule has 100 valence electrons. The van der Waals surface area contributed by atoms with Gasteiger partial charge in [0, 0.05) is 26.6 Å². The van der Waals surface area contributed by atoms with Crippen molar-refractivity contribution in [2.45, 2.75) is 32.2 Å². The summed E-state index contributed by atoms with van der Waals surface area (Å²) in [7, 11) is 3.85. The first-order valence-electron chi connectivity index (χ1n) is 6.18. The Morgan fingerprint density at radius 3 is 2.72 bits per heavy atom. The van der Waals surface area contributed by atoms with E-state index in [-0.39, 0.29) is 11.9 Å². The summed E-state index contributed by atoms with van der Waals surface area (Å²) < 4.78 is 0. The number of rotatable bonds is 6. The quantitative estimate of drug-likeness (QED) is 0.804. The smallest absolute Gasteiger partial charge is 0.224 e. The van der Waals surface area contributed by atoms with Gasteiger partial charge in [0.25, 0.3) is 0 Å². The molecule has 0 fully saturated rings. The minimum Gasteiger partial charge on any atom is -0.363 e. The highest BCUT2D eigenvalue weighted by Gasteiger charge is 2.04. The van der Waals surface area contributed by atoms with E-state index >= 15 is 0 Å². The van der Waals surface area contributed by atoms with Crippen LogP contribution in [0.3, 0.4) is 0 Å². The third kappa shape index (κ3) is 5.14.